The van der Waals surface area contributed by atoms with E-state index < -0.39 is 9.84 Å². The molecule has 1 aliphatic rings. The van der Waals surface area contributed by atoms with Crippen LogP contribution in [0.4, 0.5) is 0 Å². The Morgan fingerprint density at radius 1 is 1.26 bits per heavy atom. The summed E-state index contributed by atoms with van der Waals surface area (Å²) in [4.78, 5) is 0. The number of alkyl halides is 1. The lowest BCUT2D eigenvalue weighted by Crippen LogP contribution is -2.11. The van der Waals surface area contributed by atoms with Gasteiger partial charge >= 0.3 is 0 Å². The van der Waals surface area contributed by atoms with E-state index in [2.05, 4.69) is 32.0 Å². The van der Waals surface area contributed by atoms with Gasteiger partial charge in [0, 0.05) is 0 Å². The Bertz CT molecular complexity index is 551. The molecule has 1 heterocycles. The smallest absolute Gasteiger partial charge is 0.150 e. The number of hydrogen-bond donors (Lipinski definition) is 0. The van der Waals surface area contributed by atoms with Crippen LogP contribution in [0.3, 0.4) is 0 Å². The zero-order valence-corrected chi connectivity index (χ0v) is 13.1. The van der Waals surface area contributed by atoms with Gasteiger partial charge in [-0.2, -0.15) is 0 Å². The van der Waals surface area contributed by atoms with E-state index in [1.54, 1.807) is 0 Å². The van der Waals surface area contributed by atoms with Crippen molar-refractivity contribution in [3.05, 3.63) is 34.9 Å². The first-order valence-electron chi connectivity index (χ1n) is 6.93. The Hall–Kier alpha value is -0.540. The van der Waals surface area contributed by atoms with E-state index in [4.69, 9.17) is 11.6 Å². The van der Waals surface area contributed by atoms with Gasteiger partial charge in [0.15, 0.2) is 9.84 Å². The van der Waals surface area contributed by atoms with Crippen LogP contribution in [0.2, 0.25) is 0 Å². The van der Waals surface area contributed by atoms with Gasteiger partial charge in [-0.05, 0) is 41.9 Å². The number of aryl methyl sites for hydroxylation is 2. The number of sulfone groups is 1. The molecule has 2 nitrogen and oxygen atoms in total. The number of hydrogen-bond acceptors (Lipinski definition) is 2. The largest absolute Gasteiger partial charge is 0.229 e. The van der Waals surface area contributed by atoms with Gasteiger partial charge in [-0.3, -0.25) is 0 Å². The molecule has 0 aliphatic carbocycles. The SMILES string of the molecule is CCc1ccc(C(Cl)C2CCS(=O)(=O)C2)cc1CC. The maximum Gasteiger partial charge on any atom is 0.150 e. The maximum atomic E-state index is 11.5. The van der Waals surface area contributed by atoms with E-state index in [0.29, 0.717) is 6.42 Å². The van der Waals surface area contributed by atoms with E-state index >= 15 is 0 Å². The summed E-state index contributed by atoms with van der Waals surface area (Å²) in [5, 5.41) is -0.187. The number of benzene rings is 1. The third-order valence-corrected chi connectivity index (χ3v) is 6.39. The average Bonchev–Trinajstić information content (AvgIpc) is 2.77. The van der Waals surface area contributed by atoms with Gasteiger partial charge in [-0.1, -0.05) is 32.0 Å². The van der Waals surface area contributed by atoms with Crippen molar-refractivity contribution in [1.82, 2.24) is 0 Å². The normalized spacial score (nSPS) is 23.4. The summed E-state index contributed by atoms with van der Waals surface area (Å²) in [5.41, 5.74) is 3.75. The minimum atomic E-state index is -2.86. The van der Waals surface area contributed by atoms with Crippen LogP contribution >= 0.6 is 11.6 Å². The third-order valence-electron chi connectivity index (χ3n) is 3.99. The van der Waals surface area contributed by atoms with Crippen molar-refractivity contribution < 1.29 is 8.42 Å². The Kier molecular flexibility index (Phi) is 4.57. The summed E-state index contributed by atoms with van der Waals surface area (Å²) in [7, 11) is -2.86. The molecule has 2 unspecified atom stereocenters. The Labute approximate surface area is 121 Å². The van der Waals surface area contributed by atoms with Crippen LogP contribution in [0.15, 0.2) is 18.2 Å². The van der Waals surface area contributed by atoms with Crippen molar-refractivity contribution in [3.8, 4) is 0 Å². The van der Waals surface area contributed by atoms with Gasteiger partial charge in [-0.15, -0.1) is 11.6 Å². The molecule has 0 N–H and O–H groups in total. The van der Waals surface area contributed by atoms with Gasteiger partial charge < -0.3 is 0 Å². The molecular formula is C15H21ClO2S. The quantitative estimate of drug-likeness (QED) is 0.797. The van der Waals surface area contributed by atoms with Crippen LogP contribution in [0.25, 0.3) is 0 Å². The van der Waals surface area contributed by atoms with Crippen molar-refractivity contribution >= 4 is 21.4 Å². The van der Waals surface area contributed by atoms with Crippen LogP contribution in [0.5, 0.6) is 0 Å². The van der Waals surface area contributed by atoms with Gasteiger partial charge in [0.05, 0.1) is 16.9 Å². The second-order valence-electron chi connectivity index (χ2n) is 5.30. The molecule has 1 saturated heterocycles. The highest BCUT2D eigenvalue weighted by Gasteiger charge is 2.33. The molecule has 0 amide bonds. The molecule has 4 heteroatoms. The van der Waals surface area contributed by atoms with Gasteiger partial charge in [0.2, 0.25) is 0 Å². The second-order valence-corrected chi connectivity index (χ2v) is 8.00. The molecule has 2 rings (SSSR count). The molecule has 2 atom stereocenters. The third kappa shape index (κ3) is 3.32. The van der Waals surface area contributed by atoms with Crippen LogP contribution in [0, 0.1) is 5.92 Å². The molecule has 19 heavy (non-hydrogen) atoms. The molecule has 0 bridgehead atoms. The van der Waals surface area contributed by atoms with Gasteiger partial charge in [0.25, 0.3) is 0 Å². The number of halogens is 1. The summed E-state index contributed by atoms with van der Waals surface area (Å²) >= 11 is 6.50. The average molecular weight is 301 g/mol. The molecule has 1 aliphatic heterocycles. The minimum absolute atomic E-state index is 0.0591. The highest BCUT2D eigenvalue weighted by molar-refractivity contribution is 7.91. The molecule has 1 fully saturated rings. The summed E-state index contributed by atoms with van der Waals surface area (Å²) in [6.07, 6.45) is 2.70. The molecule has 106 valence electrons. The lowest BCUT2D eigenvalue weighted by molar-refractivity contribution is 0.568. The summed E-state index contributed by atoms with van der Waals surface area (Å²) in [6.45, 7) is 4.29. The standard InChI is InChI=1S/C15H21ClO2S/c1-3-11-5-6-13(9-12(11)4-2)15(16)14-7-8-19(17,18)10-14/h5-6,9,14-15H,3-4,7-8,10H2,1-2H3. The predicted octanol–water partition coefficient (Wildman–Crippen LogP) is 3.53. The Morgan fingerprint density at radius 2 is 1.95 bits per heavy atom. The van der Waals surface area contributed by atoms with Crippen molar-refractivity contribution in [2.24, 2.45) is 5.92 Å². The first-order chi connectivity index (χ1) is 8.96. The topological polar surface area (TPSA) is 34.1 Å². The van der Waals surface area contributed by atoms with Crippen molar-refractivity contribution in [1.29, 1.82) is 0 Å². The van der Waals surface area contributed by atoms with E-state index in [0.717, 1.165) is 18.4 Å². The molecule has 1 aromatic rings. The lowest BCUT2D eigenvalue weighted by atomic mass is 9.93. The highest BCUT2D eigenvalue weighted by atomic mass is 35.5. The van der Waals surface area contributed by atoms with E-state index in [1.165, 1.54) is 11.1 Å². The molecule has 1 aromatic carbocycles. The minimum Gasteiger partial charge on any atom is -0.229 e. The Balaban J connectivity index is 2.22. The zero-order chi connectivity index (χ0) is 14.0. The van der Waals surface area contributed by atoms with Crippen LogP contribution in [0.1, 0.15) is 42.3 Å². The van der Waals surface area contributed by atoms with E-state index in [1.807, 2.05) is 0 Å². The first kappa shape index (κ1) is 14.9. The summed E-state index contributed by atoms with van der Waals surface area (Å²) < 4.78 is 23.1. The predicted molar refractivity (Wildman–Crippen MR) is 80.6 cm³/mol. The second kappa shape index (κ2) is 5.84. The first-order valence-corrected chi connectivity index (χ1v) is 9.18. The van der Waals surface area contributed by atoms with Gasteiger partial charge in [0.1, 0.15) is 0 Å². The monoisotopic (exact) mass is 300 g/mol. The molecule has 0 saturated carbocycles. The fourth-order valence-corrected chi connectivity index (χ4v) is 5.11. The van der Waals surface area contributed by atoms with E-state index in [9.17, 15) is 8.42 Å². The van der Waals surface area contributed by atoms with Crippen molar-refractivity contribution in [2.75, 3.05) is 11.5 Å². The molecule has 0 radical (unpaired) electrons. The fraction of sp³-hybridized carbons (Fsp3) is 0.600. The molecular weight excluding hydrogens is 280 g/mol. The molecule has 0 aromatic heterocycles. The van der Waals surface area contributed by atoms with Crippen LogP contribution in [-0.2, 0) is 22.7 Å². The van der Waals surface area contributed by atoms with Crippen molar-refractivity contribution in [3.63, 3.8) is 0 Å². The fourth-order valence-electron chi connectivity index (χ4n) is 2.82. The van der Waals surface area contributed by atoms with Crippen LogP contribution in [-0.4, -0.2) is 19.9 Å². The maximum absolute atomic E-state index is 11.5. The Morgan fingerprint density at radius 3 is 2.47 bits per heavy atom. The highest BCUT2D eigenvalue weighted by Crippen LogP contribution is 2.37. The lowest BCUT2D eigenvalue weighted by Gasteiger charge is -2.18. The van der Waals surface area contributed by atoms with Crippen molar-refractivity contribution in [2.45, 2.75) is 38.5 Å². The van der Waals surface area contributed by atoms with E-state index in [-0.39, 0.29) is 22.8 Å². The molecule has 0 spiro atoms. The van der Waals surface area contributed by atoms with Gasteiger partial charge in [-0.25, -0.2) is 8.42 Å². The zero-order valence-electron chi connectivity index (χ0n) is 11.5. The summed E-state index contributed by atoms with van der Waals surface area (Å²) in [5.74, 6) is 0.580. The van der Waals surface area contributed by atoms with Crippen LogP contribution < -0.4 is 0 Å². The number of rotatable bonds is 4. The summed E-state index contributed by atoms with van der Waals surface area (Å²) in [6, 6.07) is 6.34.